The molecule has 0 aliphatic heterocycles. The third kappa shape index (κ3) is 4.28. The number of benzene rings is 2. The first-order chi connectivity index (χ1) is 12.4. The molecule has 1 N–H and O–H groups in total. The lowest BCUT2D eigenvalue weighted by Gasteiger charge is -2.11. The van der Waals surface area contributed by atoms with Gasteiger partial charge in [-0.1, -0.05) is 53.0 Å². The highest BCUT2D eigenvalue weighted by Crippen LogP contribution is 2.23. The quantitative estimate of drug-likeness (QED) is 0.653. The van der Waals surface area contributed by atoms with Crippen LogP contribution >= 0.6 is 34.8 Å². The van der Waals surface area contributed by atoms with Gasteiger partial charge in [0.2, 0.25) is 0 Å². The van der Waals surface area contributed by atoms with E-state index in [1.165, 1.54) is 16.7 Å². The number of hydrogen-bond acceptors (Lipinski definition) is 2. The second-order valence-corrected chi connectivity index (χ2v) is 6.78. The van der Waals surface area contributed by atoms with Gasteiger partial charge >= 0.3 is 0 Å². The van der Waals surface area contributed by atoms with Crippen molar-refractivity contribution in [3.63, 3.8) is 0 Å². The van der Waals surface area contributed by atoms with Crippen LogP contribution in [0.3, 0.4) is 0 Å². The van der Waals surface area contributed by atoms with Crippen molar-refractivity contribution < 1.29 is 4.79 Å². The van der Waals surface area contributed by atoms with Crippen LogP contribution in [-0.4, -0.2) is 10.5 Å². The zero-order chi connectivity index (χ0) is 18.7. The summed E-state index contributed by atoms with van der Waals surface area (Å²) in [4.78, 5) is 24.5. The fraction of sp³-hybridized carbons (Fsp3) is 0.0526. The van der Waals surface area contributed by atoms with Crippen LogP contribution in [0.15, 0.2) is 65.6 Å². The average molecular weight is 408 g/mol. The summed E-state index contributed by atoms with van der Waals surface area (Å²) in [6.07, 6.45) is 1.57. The molecule has 26 heavy (non-hydrogen) atoms. The Kier molecular flexibility index (Phi) is 5.67. The summed E-state index contributed by atoms with van der Waals surface area (Å²) in [6, 6.07) is 14.8. The van der Waals surface area contributed by atoms with Crippen LogP contribution < -0.4 is 10.9 Å². The number of aromatic nitrogens is 1. The number of carbonyl (C=O) groups is 1. The van der Waals surface area contributed by atoms with E-state index in [4.69, 9.17) is 34.8 Å². The number of pyridine rings is 1. The maximum atomic E-state index is 12.4. The highest BCUT2D eigenvalue weighted by molar-refractivity contribution is 6.42. The van der Waals surface area contributed by atoms with E-state index < -0.39 is 0 Å². The van der Waals surface area contributed by atoms with Crippen molar-refractivity contribution in [3.05, 3.63) is 97.3 Å². The second-order valence-electron chi connectivity index (χ2n) is 5.56. The lowest BCUT2D eigenvalue weighted by Crippen LogP contribution is -2.21. The number of carbonyl (C=O) groups excluding carboxylic acids is 1. The van der Waals surface area contributed by atoms with Crippen LogP contribution in [0.1, 0.15) is 15.9 Å². The molecule has 1 heterocycles. The molecule has 0 atom stereocenters. The Morgan fingerprint density at radius 3 is 2.42 bits per heavy atom. The van der Waals surface area contributed by atoms with Crippen molar-refractivity contribution in [2.45, 2.75) is 6.54 Å². The smallest absolute Gasteiger partial charge is 0.255 e. The standard InChI is InChI=1S/C19H13Cl3N2O2/c20-15-4-2-1-3-13(15)10-24-11-14(6-8-18(24)25)23-19(26)12-5-7-16(21)17(22)9-12/h1-9,11H,10H2,(H,23,26). The average Bonchev–Trinajstić information content (AvgIpc) is 2.62. The number of rotatable bonds is 4. The molecule has 1 amide bonds. The van der Waals surface area contributed by atoms with Crippen molar-refractivity contribution in [2.24, 2.45) is 0 Å². The predicted octanol–water partition coefficient (Wildman–Crippen LogP) is 5.11. The number of anilines is 1. The number of amides is 1. The van der Waals surface area contributed by atoms with E-state index in [9.17, 15) is 9.59 Å². The molecule has 0 aliphatic carbocycles. The number of nitrogens with zero attached hydrogens (tertiary/aromatic N) is 1. The summed E-state index contributed by atoms with van der Waals surface area (Å²) in [5.41, 5.74) is 1.46. The third-order valence-electron chi connectivity index (χ3n) is 3.72. The summed E-state index contributed by atoms with van der Waals surface area (Å²) in [5.74, 6) is -0.355. The van der Waals surface area contributed by atoms with Gasteiger partial charge in [0.25, 0.3) is 11.5 Å². The van der Waals surface area contributed by atoms with Crippen LogP contribution in [0, 0.1) is 0 Å². The minimum atomic E-state index is -0.355. The molecule has 0 fully saturated rings. The summed E-state index contributed by atoms with van der Waals surface area (Å²) in [5, 5.41) is 3.98. The molecule has 3 aromatic rings. The van der Waals surface area contributed by atoms with Gasteiger partial charge in [-0.3, -0.25) is 9.59 Å². The van der Waals surface area contributed by atoms with Gasteiger partial charge in [-0.2, -0.15) is 0 Å². The van der Waals surface area contributed by atoms with Crippen molar-refractivity contribution in [1.29, 1.82) is 0 Å². The zero-order valence-corrected chi connectivity index (χ0v) is 15.6. The van der Waals surface area contributed by atoms with Crippen LogP contribution in [-0.2, 0) is 6.54 Å². The molecule has 0 radical (unpaired) electrons. The Labute approximate surface area is 164 Å². The molecule has 4 nitrogen and oxygen atoms in total. The van der Waals surface area contributed by atoms with E-state index in [1.54, 1.807) is 30.5 Å². The molecule has 2 aromatic carbocycles. The summed E-state index contributed by atoms with van der Waals surface area (Å²) >= 11 is 18.0. The van der Waals surface area contributed by atoms with Gasteiger partial charge in [0, 0.05) is 22.8 Å². The Balaban J connectivity index is 1.83. The third-order valence-corrected chi connectivity index (χ3v) is 4.83. The fourth-order valence-electron chi connectivity index (χ4n) is 2.38. The molecule has 7 heteroatoms. The van der Waals surface area contributed by atoms with Crippen molar-refractivity contribution in [3.8, 4) is 0 Å². The first-order valence-electron chi connectivity index (χ1n) is 7.64. The molecule has 1 aromatic heterocycles. The number of hydrogen-bond donors (Lipinski definition) is 1. The van der Waals surface area contributed by atoms with E-state index in [1.807, 2.05) is 18.2 Å². The monoisotopic (exact) mass is 406 g/mol. The molecular weight excluding hydrogens is 395 g/mol. The molecule has 0 unspecified atom stereocenters. The number of halogens is 3. The van der Waals surface area contributed by atoms with Gasteiger partial charge in [0.1, 0.15) is 0 Å². The maximum Gasteiger partial charge on any atom is 0.255 e. The Morgan fingerprint density at radius 1 is 0.923 bits per heavy atom. The second kappa shape index (κ2) is 7.96. The van der Waals surface area contributed by atoms with E-state index in [2.05, 4.69) is 5.32 Å². The minimum Gasteiger partial charge on any atom is -0.321 e. The topological polar surface area (TPSA) is 51.1 Å². The van der Waals surface area contributed by atoms with Crippen molar-refractivity contribution >= 4 is 46.4 Å². The van der Waals surface area contributed by atoms with Crippen LogP contribution in [0.5, 0.6) is 0 Å². The van der Waals surface area contributed by atoms with Crippen molar-refractivity contribution in [1.82, 2.24) is 4.57 Å². The Hall–Kier alpha value is -2.27. The molecule has 0 spiro atoms. The molecule has 0 saturated carbocycles. The van der Waals surface area contributed by atoms with E-state index in [0.717, 1.165) is 5.56 Å². The fourth-order valence-corrected chi connectivity index (χ4v) is 2.87. The normalized spacial score (nSPS) is 10.6. The summed E-state index contributed by atoms with van der Waals surface area (Å²) < 4.78 is 1.48. The van der Waals surface area contributed by atoms with Gasteiger partial charge in [0.05, 0.1) is 22.3 Å². The summed E-state index contributed by atoms with van der Waals surface area (Å²) in [7, 11) is 0. The zero-order valence-electron chi connectivity index (χ0n) is 13.4. The molecule has 3 rings (SSSR count). The maximum absolute atomic E-state index is 12.4. The van der Waals surface area contributed by atoms with Crippen molar-refractivity contribution in [2.75, 3.05) is 5.32 Å². The van der Waals surface area contributed by atoms with Gasteiger partial charge in [-0.25, -0.2) is 0 Å². The summed E-state index contributed by atoms with van der Waals surface area (Å²) in [6.45, 7) is 0.301. The first kappa shape index (κ1) is 18.5. The van der Waals surface area contributed by atoms with Crippen LogP contribution in [0.25, 0.3) is 0 Å². The van der Waals surface area contributed by atoms with E-state index >= 15 is 0 Å². The minimum absolute atomic E-state index is 0.197. The van der Waals surface area contributed by atoms with E-state index in [0.29, 0.717) is 32.9 Å². The lowest BCUT2D eigenvalue weighted by molar-refractivity contribution is 0.102. The number of nitrogens with one attached hydrogen (secondary N) is 1. The highest BCUT2D eigenvalue weighted by Gasteiger charge is 2.10. The van der Waals surface area contributed by atoms with Gasteiger partial charge < -0.3 is 9.88 Å². The lowest BCUT2D eigenvalue weighted by atomic mass is 10.2. The van der Waals surface area contributed by atoms with E-state index in [-0.39, 0.29) is 11.5 Å². The molecule has 0 saturated heterocycles. The molecular formula is C19H13Cl3N2O2. The van der Waals surface area contributed by atoms with Gasteiger partial charge in [-0.15, -0.1) is 0 Å². The largest absolute Gasteiger partial charge is 0.321 e. The van der Waals surface area contributed by atoms with Gasteiger partial charge in [-0.05, 0) is 35.9 Å². The molecule has 132 valence electrons. The Bertz CT molecular complexity index is 1030. The molecule has 0 aliphatic rings. The van der Waals surface area contributed by atoms with Crippen LogP contribution in [0.2, 0.25) is 15.1 Å². The SMILES string of the molecule is O=C(Nc1ccc(=O)n(Cc2ccccc2Cl)c1)c1ccc(Cl)c(Cl)c1. The Morgan fingerprint density at radius 2 is 1.69 bits per heavy atom. The van der Waals surface area contributed by atoms with Crippen LogP contribution in [0.4, 0.5) is 5.69 Å². The molecule has 0 bridgehead atoms. The first-order valence-corrected chi connectivity index (χ1v) is 8.78. The van der Waals surface area contributed by atoms with Gasteiger partial charge in [0.15, 0.2) is 0 Å². The highest BCUT2D eigenvalue weighted by atomic mass is 35.5. The predicted molar refractivity (Wildman–Crippen MR) is 106 cm³/mol.